The van der Waals surface area contributed by atoms with Crippen molar-refractivity contribution in [3.63, 3.8) is 0 Å². The molecule has 0 radical (unpaired) electrons. The second kappa shape index (κ2) is 7.17. The van der Waals surface area contributed by atoms with Crippen molar-refractivity contribution in [3.05, 3.63) is 36.1 Å². The Kier molecular flexibility index (Phi) is 4.97. The summed E-state index contributed by atoms with van der Waals surface area (Å²) in [4.78, 5) is 14.5. The molecule has 0 bridgehead atoms. The van der Waals surface area contributed by atoms with Gasteiger partial charge in [-0.15, -0.1) is 0 Å². The van der Waals surface area contributed by atoms with Crippen LogP contribution in [-0.2, 0) is 5.41 Å². The average Bonchev–Trinajstić information content (AvgIpc) is 3.05. The zero-order valence-electron chi connectivity index (χ0n) is 15.1. The van der Waals surface area contributed by atoms with E-state index in [0.29, 0.717) is 5.82 Å². The lowest BCUT2D eigenvalue weighted by atomic mass is 9.93. The molecule has 1 aliphatic rings. The molecule has 2 aromatic rings. The summed E-state index contributed by atoms with van der Waals surface area (Å²) >= 11 is 0. The third-order valence-corrected chi connectivity index (χ3v) is 4.34. The van der Waals surface area contributed by atoms with E-state index in [4.69, 9.17) is 4.52 Å². The highest BCUT2D eigenvalue weighted by Crippen LogP contribution is 2.25. The van der Waals surface area contributed by atoms with Gasteiger partial charge in [-0.3, -0.25) is 5.32 Å². The van der Waals surface area contributed by atoms with Crippen LogP contribution in [0.4, 0.5) is 22.0 Å². The number of aromatic nitrogens is 1. The predicted molar refractivity (Wildman–Crippen MR) is 100 cm³/mol. The molecule has 0 atom stereocenters. The number of carbonyl (C=O) groups is 1. The van der Waals surface area contributed by atoms with E-state index in [2.05, 4.69) is 32.8 Å². The zero-order valence-corrected chi connectivity index (χ0v) is 15.1. The van der Waals surface area contributed by atoms with Crippen molar-refractivity contribution in [2.45, 2.75) is 45.4 Å². The summed E-state index contributed by atoms with van der Waals surface area (Å²) in [5.41, 5.74) is 1.81. The smallest absolute Gasteiger partial charge is 0.324 e. The summed E-state index contributed by atoms with van der Waals surface area (Å²) in [6, 6.07) is 9.36. The lowest BCUT2D eigenvalue weighted by Gasteiger charge is -2.28. The molecular formula is C19H26N4O2. The Balaban J connectivity index is 1.56. The number of benzene rings is 1. The maximum absolute atomic E-state index is 12.1. The lowest BCUT2D eigenvalue weighted by molar-refractivity contribution is 0.262. The Morgan fingerprint density at radius 1 is 1.08 bits per heavy atom. The molecule has 2 heterocycles. The molecule has 6 nitrogen and oxygen atoms in total. The first-order valence-electron chi connectivity index (χ1n) is 8.82. The van der Waals surface area contributed by atoms with E-state index in [1.807, 2.05) is 32.9 Å². The molecule has 1 aliphatic heterocycles. The van der Waals surface area contributed by atoms with Crippen LogP contribution in [0.1, 0.15) is 45.8 Å². The molecule has 0 unspecified atom stereocenters. The van der Waals surface area contributed by atoms with Gasteiger partial charge in [-0.25, -0.2) is 4.79 Å². The number of nitrogens with one attached hydrogen (secondary N) is 2. The molecule has 0 aliphatic carbocycles. The predicted octanol–water partition coefficient (Wildman–Crippen LogP) is 4.61. The molecule has 0 saturated carbocycles. The highest BCUT2D eigenvalue weighted by atomic mass is 16.5. The van der Waals surface area contributed by atoms with Gasteiger partial charge in [-0.1, -0.05) is 25.9 Å². The monoisotopic (exact) mass is 342 g/mol. The number of hydrogen-bond acceptors (Lipinski definition) is 4. The van der Waals surface area contributed by atoms with Gasteiger partial charge in [0, 0.05) is 35.9 Å². The Labute approximate surface area is 148 Å². The number of hydrogen-bond donors (Lipinski definition) is 2. The SMILES string of the molecule is CC(C)(C)c1cc(NC(=O)Nc2ccc(N3CCCCC3)cc2)no1. The van der Waals surface area contributed by atoms with Gasteiger partial charge in [-0.05, 0) is 43.5 Å². The van der Waals surface area contributed by atoms with E-state index in [0.717, 1.165) is 24.5 Å². The fourth-order valence-electron chi connectivity index (χ4n) is 2.87. The van der Waals surface area contributed by atoms with Gasteiger partial charge >= 0.3 is 6.03 Å². The highest BCUT2D eigenvalue weighted by molar-refractivity contribution is 5.99. The van der Waals surface area contributed by atoms with E-state index in [-0.39, 0.29) is 11.4 Å². The van der Waals surface area contributed by atoms with Crippen molar-refractivity contribution in [3.8, 4) is 0 Å². The molecule has 1 aromatic heterocycles. The summed E-state index contributed by atoms with van der Waals surface area (Å²) < 4.78 is 5.27. The van der Waals surface area contributed by atoms with Gasteiger partial charge < -0.3 is 14.7 Å². The van der Waals surface area contributed by atoms with Crippen molar-refractivity contribution in [1.82, 2.24) is 5.16 Å². The zero-order chi connectivity index (χ0) is 17.9. The minimum absolute atomic E-state index is 0.145. The van der Waals surface area contributed by atoms with Crippen LogP contribution in [0.5, 0.6) is 0 Å². The second-order valence-electron chi connectivity index (χ2n) is 7.50. The van der Waals surface area contributed by atoms with Gasteiger partial charge in [0.2, 0.25) is 0 Å². The number of nitrogens with zero attached hydrogens (tertiary/aromatic N) is 2. The number of amides is 2. The Hall–Kier alpha value is -2.50. The molecule has 1 saturated heterocycles. The fourth-order valence-corrected chi connectivity index (χ4v) is 2.87. The Bertz CT molecular complexity index is 710. The Morgan fingerprint density at radius 3 is 2.36 bits per heavy atom. The maximum Gasteiger partial charge on any atom is 0.324 e. The number of carbonyl (C=O) groups excluding carboxylic acids is 1. The third kappa shape index (κ3) is 4.53. The summed E-state index contributed by atoms with van der Waals surface area (Å²) in [5.74, 6) is 1.14. The fraction of sp³-hybridized carbons (Fsp3) is 0.474. The van der Waals surface area contributed by atoms with Crippen LogP contribution < -0.4 is 15.5 Å². The van der Waals surface area contributed by atoms with E-state index in [1.165, 1.54) is 24.9 Å². The largest absolute Gasteiger partial charge is 0.372 e. The van der Waals surface area contributed by atoms with Crippen LogP contribution >= 0.6 is 0 Å². The molecule has 2 amide bonds. The van der Waals surface area contributed by atoms with Crippen molar-refractivity contribution < 1.29 is 9.32 Å². The first-order valence-corrected chi connectivity index (χ1v) is 8.82. The van der Waals surface area contributed by atoms with E-state index >= 15 is 0 Å². The summed E-state index contributed by atoms with van der Waals surface area (Å²) in [6.45, 7) is 8.30. The van der Waals surface area contributed by atoms with Crippen LogP contribution in [0.25, 0.3) is 0 Å². The molecule has 134 valence electrons. The quantitative estimate of drug-likeness (QED) is 0.855. The minimum atomic E-state index is -0.334. The molecule has 0 spiro atoms. The normalized spacial score (nSPS) is 15.1. The van der Waals surface area contributed by atoms with Gasteiger partial charge in [0.05, 0.1) is 0 Å². The first-order chi connectivity index (χ1) is 11.9. The van der Waals surface area contributed by atoms with Crippen LogP contribution in [0, 0.1) is 0 Å². The van der Waals surface area contributed by atoms with Gasteiger partial charge in [-0.2, -0.15) is 0 Å². The van der Waals surface area contributed by atoms with E-state index in [1.54, 1.807) is 6.07 Å². The molecule has 25 heavy (non-hydrogen) atoms. The molecule has 1 fully saturated rings. The topological polar surface area (TPSA) is 70.4 Å². The summed E-state index contributed by atoms with van der Waals surface area (Å²) in [6.07, 6.45) is 3.81. The van der Waals surface area contributed by atoms with Crippen LogP contribution in [0.15, 0.2) is 34.9 Å². The summed E-state index contributed by atoms with van der Waals surface area (Å²) in [5, 5.41) is 9.40. The average molecular weight is 342 g/mol. The van der Waals surface area contributed by atoms with Crippen molar-refractivity contribution >= 4 is 23.2 Å². The van der Waals surface area contributed by atoms with Crippen molar-refractivity contribution in [2.75, 3.05) is 28.6 Å². The first kappa shape index (κ1) is 17.3. The molecule has 3 rings (SSSR count). The van der Waals surface area contributed by atoms with Gasteiger partial charge in [0.25, 0.3) is 0 Å². The van der Waals surface area contributed by atoms with Crippen LogP contribution in [0.3, 0.4) is 0 Å². The number of rotatable bonds is 3. The summed E-state index contributed by atoms with van der Waals surface area (Å²) in [7, 11) is 0. The third-order valence-electron chi connectivity index (χ3n) is 4.34. The van der Waals surface area contributed by atoms with Crippen LogP contribution in [-0.4, -0.2) is 24.3 Å². The maximum atomic E-state index is 12.1. The van der Waals surface area contributed by atoms with Gasteiger partial charge in [0.15, 0.2) is 5.82 Å². The molecular weight excluding hydrogens is 316 g/mol. The highest BCUT2D eigenvalue weighted by Gasteiger charge is 2.20. The van der Waals surface area contributed by atoms with Gasteiger partial charge in [0.1, 0.15) is 5.76 Å². The second-order valence-corrected chi connectivity index (χ2v) is 7.50. The van der Waals surface area contributed by atoms with Crippen molar-refractivity contribution in [1.29, 1.82) is 0 Å². The van der Waals surface area contributed by atoms with E-state index < -0.39 is 0 Å². The molecule has 2 N–H and O–H groups in total. The molecule has 6 heteroatoms. The lowest BCUT2D eigenvalue weighted by Crippen LogP contribution is -2.29. The van der Waals surface area contributed by atoms with E-state index in [9.17, 15) is 4.79 Å². The molecule has 1 aromatic carbocycles. The minimum Gasteiger partial charge on any atom is -0.372 e. The Morgan fingerprint density at radius 2 is 1.76 bits per heavy atom. The number of piperidine rings is 1. The number of anilines is 3. The number of urea groups is 1. The van der Waals surface area contributed by atoms with Crippen molar-refractivity contribution in [2.24, 2.45) is 0 Å². The standard InChI is InChI=1S/C19H26N4O2/c1-19(2,3)16-13-17(22-25-16)21-18(24)20-14-7-9-15(10-8-14)23-11-5-4-6-12-23/h7-10,13H,4-6,11-12H2,1-3H3,(H2,20,21,22,24). The van der Waals surface area contributed by atoms with Crippen LogP contribution in [0.2, 0.25) is 0 Å².